The summed E-state index contributed by atoms with van der Waals surface area (Å²) in [7, 11) is 0. The zero-order valence-corrected chi connectivity index (χ0v) is 19.2. The van der Waals surface area contributed by atoms with E-state index in [1.54, 1.807) is 29.3 Å². The van der Waals surface area contributed by atoms with Gasteiger partial charge in [0.15, 0.2) is 0 Å². The maximum atomic E-state index is 13.1. The number of para-hydroxylation sites is 1. The lowest BCUT2D eigenvalue weighted by Crippen LogP contribution is -2.35. The molecule has 0 aliphatic carbocycles. The van der Waals surface area contributed by atoms with E-state index in [1.807, 2.05) is 6.07 Å². The highest BCUT2D eigenvalue weighted by atomic mass is 35.5. The fourth-order valence-electron chi connectivity index (χ4n) is 3.89. The topological polar surface area (TPSA) is 70.2 Å². The smallest absolute Gasteiger partial charge is 0.263 e. The summed E-state index contributed by atoms with van der Waals surface area (Å²) in [4.78, 5) is 23.6. The van der Waals surface area contributed by atoms with Crippen LogP contribution < -0.4 is 15.5 Å². The number of nitrogens with one attached hydrogen (secondary N) is 2. The van der Waals surface area contributed by atoms with Gasteiger partial charge >= 0.3 is 0 Å². The zero-order valence-electron chi connectivity index (χ0n) is 16.9. The third-order valence-corrected chi connectivity index (χ3v) is 7.10. The van der Waals surface area contributed by atoms with Gasteiger partial charge in [-0.3, -0.25) is 9.69 Å². The van der Waals surface area contributed by atoms with Crippen LogP contribution in [0.1, 0.15) is 35.3 Å². The standard InChI is InChI=1S/C22H19Cl2N5OS/c1-22(2)15-7-6-13(8-12(15)9-26-22)27-21-25-10-14-19(28-21)31-11-29(20(14)30)18-16(23)4-3-5-17(18)24/h3-8,10,26H,9,11H2,1-2H3,(H,25,27,28). The number of fused-ring (bicyclic) bond motifs is 2. The highest BCUT2D eigenvalue weighted by molar-refractivity contribution is 7.99. The Hall–Kier alpha value is -2.32. The SMILES string of the molecule is CC1(C)NCc2cc(Nc3ncc4c(n3)SCN(c3c(Cl)cccc3Cl)C4=O)ccc21. The molecule has 9 heteroatoms. The van der Waals surface area contributed by atoms with Gasteiger partial charge < -0.3 is 10.6 Å². The van der Waals surface area contributed by atoms with Gasteiger partial charge in [-0.05, 0) is 49.2 Å². The van der Waals surface area contributed by atoms with Gasteiger partial charge in [0.25, 0.3) is 5.91 Å². The predicted octanol–water partition coefficient (Wildman–Crippen LogP) is 5.58. The Balaban J connectivity index is 1.40. The second-order valence-electron chi connectivity index (χ2n) is 7.96. The van der Waals surface area contributed by atoms with Gasteiger partial charge in [-0.2, -0.15) is 0 Å². The van der Waals surface area contributed by atoms with Crippen LogP contribution in [0, 0.1) is 0 Å². The molecule has 5 rings (SSSR count). The molecule has 0 atom stereocenters. The van der Waals surface area contributed by atoms with Gasteiger partial charge in [0, 0.05) is 24.0 Å². The van der Waals surface area contributed by atoms with Crippen LogP contribution in [0.4, 0.5) is 17.3 Å². The van der Waals surface area contributed by atoms with Gasteiger partial charge in [-0.15, -0.1) is 0 Å². The Morgan fingerprint density at radius 3 is 2.74 bits per heavy atom. The molecular weight excluding hydrogens is 453 g/mol. The summed E-state index contributed by atoms with van der Waals surface area (Å²) in [6, 6.07) is 11.4. The maximum absolute atomic E-state index is 13.1. The van der Waals surface area contributed by atoms with Crippen molar-refractivity contribution in [1.29, 1.82) is 0 Å². The Kier molecular flexibility index (Phi) is 5.09. The molecule has 1 amide bonds. The Morgan fingerprint density at radius 2 is 1.97 bits per heavy atom. The van der Waals surface area contributed by atoms with Crippen LogP contribution in [0.25, 0.3) is 0 Å². The van der Waals surface area contributed by atoms with E-state index in [0.29, 0.717) is 38.1 Å². The normalized spacial score (nSPS) is 16.8. The molecule has 3 aromatic rings. The average Bonchev–Trinajstić information content (AvgIpc) is 3.03. The second kappa shape index (κ2) is 7.67. The van der Waals surface area contributed by atoms with Crippen molar-refractivity contribution in [2.45, 2.75) is 31.0 Å². The minimum atomic E-state index is -0.221. The largest absolute Gasteiger partial charge is 0.324 e. The summed E-state index contributed by atoms with van der Waals surface area (Å²) < 4.78 is 0. The summed E-state index contributed by atoms with van der Waals surface area (Å²) in [6.07, 6.45) is 1.55. The molecule has 2 aliphatic heterocycles. The number of benzene rings is 2. The number of carbonyl (C=O) groups excluding carboxylic acids is 1. The summed E-state index contributed by atoms with van der Waals surface area (Å²) in [5.74, 6) is 0.597. The fourth-order valence-corrected chi connectivity index (χ4v) is 5.44. The Morgan fingerprint density at radius 1 is 1.19 bits per heavy atom. The molecule has 0 fully saturated rings. The van der Waals surface area contributed by atoms with E-state index in [0.717, 1.165) is 12.2 Å². The first-order chi connectivity index (χ1) is 14.8. The summed E-state index contributed by atoms with van der Waals surface area (Å²) >= 11 is 14.0. The van der Waals surface area contributed by atoms with Crippen LogP contribution in [-0.2, 0) is 12.1 Å². The van der Waals surface area contributed by atoms with Crippen LogP contribution in [0.2, 0.25) is 10.0 Å². The maximum Gasteiger partial charge on any atom is 0.263 e. The van der Waals surface area contributed by atoms with Crippen LogP contribution in [-0.4, -0.2) is 21.8 Å². The van der Waals surface area contributed by atoms with E-state index in [-0.39, 0.29) is 11.4 Å². The molecule has 1 aromatic heterocycles. The van der Waals surface area contributed by atoms with E-state index in [2.05, 4.69) is 46.6 Å². The lowest BCUT2D eigenvalue weighted by atomic mass is 9.94. The van der Waals surface area contributed by atoms with E-state index < -0.39 is 0 Å². The molecule has 0 saturated carbocycles. The minimum absolute atomic E-state index is 0.0242. The van der Waals surface area contributed by atoms with Gasteiger partial charge in [-0.25, -0.2) is 9.97 Å². The molecule has 2 aliphatic rings. The number of aromatic nitrogens is 2. The number of halogens is 2. The molecule has 3 heterocycles. The zero-order chi connectivity index (χ0) is 21.8. The average molecular weight is 472 g/mol. The lowest BCUT2D eigenvalue weighted by molar-refractivity contribution is 0.0985. The summed E-state index contributed by atoms with van der Waals surface area (Å²) in [5, 5.41) is 8.25. The highest BCUT2D eigenvalue weighted by Crippen LogP contribution is 2.39. The molecule has 0 spiro atoms. The first kappa shape index (κ1) is 20.6. The number of nitrogens with zero attached hydrogens (tertiary/aromatic N) is 3. The number of carbonyl (C=O) groups is 1. The van der Waals surface area contributed by atoms with E-state index in [1.165, 1.54) is 22.9 Å². The monoisotopic (exact) mass is 471 g/mol. The van der Waals surface area contributed by atoms with Crippen LogP contribution >= 0.6 is 35.0 Å². The molecule has 0 radical (unpaired) electrons. The molecule has 2 aromatic carbocycles. The van der Waals surface area contributed by atoms with Gasteiger partial charge in [0.05, 0.1) is 27.2 Å². The molecule has 0 unspecified atom stereocenters. The summed E-state index contributed by atoms with van der Waals surface area (Å²) in [5.41, 5.74) is 4.37. The first-order valence-corrected chi connectivity index (χ1v) is 11.5. The number of anilines is 3. The molecule has 0 saturated heterocycles. The van der Waals surface area contributed by atoms with Crippen molar-refractivity contribution >= 4 is 58.2 Å². The van der Waals surface area contributed by atoms with Crippen molar-refractivity contribution in [3.8, 4) is 0 Å². The van der Waals surface area contributed by atoms with Crippen LogP contribution in [0.3, 0.4) is 0 Å². The van der Waals surface area contributed by atoms with Gasteiger partial charge in [0.2, 0.25) is 5.95 Å². The molecular formula is C22H19Cl2N5OS. The number of hydrogen-bond donors (Lipinski definition) is 2. The Labute approximate surface area is 194 Å². The number of hydrogen-bond acceptors (Lipinski definition) is 6. The molecule has 31 heavy (non-hydrogen) atoms. The fraction of sp³-hybridized carbons (Fsp3) is 0.227. The minimum Gasteiger partial charge on any atom is -0.324 e. The van der Waals surface area contributed by atoms with Crippen molar-refractivity contribution in [3.05, 3.63) is 69.3 Å². The first-order valence-electron chi connectivity index (χ1n) is 9.75. The van der Waals surface area contributed by atoms with Crippen molar-refractivity contribution in [2.24, 2.45) is 0 Å². The Bertz CT molecular complexity index is 1200. The third-order valence-electron chi connectivity index (χ3n) is 5.52. The van der Waals surface area contributed by atoms with Gasteiger partial charge in [0.1, 0.15) is 5.03 Å². The van der Waals surface area contributed by atoms with Gasteiger partial charge in [-0.1, -0.05) is 47.1 Å². The second-order valence-corrected chi connectivity index (χ2v) is 9.71. The van der Waals surface area contributed by atoms with E-state index in [9.17, 15) is 4.79 Å². The number of amides is 1. The molecule has 2 N–H and O–H groups in total. The molecule has 158 valence electrons. The van der Waals surface area contributed by atoms with Crippen LogP contribution in [0.15, 0.2) is 47.6 Å². The van der Waals surface area contributed by atoms with E-state index in [4.69, 9.17) is 23.2 Å². The highest BCUT2D eigenvalue weighted by Gasteiger charge is 2.31. The summed E-state index contributed by atoms with van der Waals surface area (Å²) in [6.45, 7) is 5.17. The molecule has 6 nitrogen and oxygen atoms in total. The third kappa shape index (κ3) is 3.65. The lowest BCUT2D eigenvalue weighted by Gasteiger charge is -2.28. The quantitative estimate of drug-likeness (QED) is 0.486. The van der Waals surface area contributed by atoms with Crippen molar-refractivity contribution in [2.75, 3.05) is 16.1 Å². The number of rotatable bonds is 3. The van der Waals surface area contributed by atoms with E-state index >= 15 is 0 Å². The number of thioether (sulfide) groups is 1. The predicted molar refractivity (Wildman–Crippen MR) is 126 cm³/mol. The van der Waals surface area contributed by atoms with Crippen molar-refractivity contribution in [1.82, 2.24) is 15.3 Å². The van der Waals surface area contributed by atoms with Crippen molar-refractivity contribution < 1.29 is 4.79 Å². The van der Waals surface area contributed by atoms with Crippen molar-refractivity contribution in [3.63, 3.8) is 0 Å². The van der Waals surface area contributed by atoms with Crippen LogP contribution in [0.5, 0.6) is 0 Å². The molecule has 0 bridgehead atoms.